The molecule has 0 saturated carbocycles. The van der Waals surface area contributed by atoms with E-state index in [1.807, 2.05) is 12.1 Å². The zero-order valence-corrected chi connectivity index (χ0v) is 17.5. The molecule has 3 heterocycles. The summed E-state index contributed by atoms with van der Waals surface area (Å²) in [5.41, 5.74) is 1.45. The molecule has 33 heavy (non-hydrogen) atoms. The van der Waals surface area contributed by atoms with Crippen molar-refractivity contribution in [2.75, 3.05) is 17.9 Å². The Morgan fingerprint density at radius 3 is 2.61 bits per heavy atom. The molecule has 1 aliphatic heterocycles. The molecule has 0 radical (unpaired) electrons. The first-order chi connectivity index (χ1) is 15.9. The number of benzene rings is 2. The number of nitrogens with one attached hydrogen (secondary N) is 1. The van der Waals surface area contributed by atoms with Gasteiger partial charge in [0.2, 0.25) is 17.9 Å². The van der Waals surface area contributed by atoms with Crippen LogP contribution < -0.4 is 14.8 Å². The van der Waals surface area contributed by atoms with Crippen molar-refractivity contribution in [1.82, 2.24) is 19.8 Å². The molecular formula is C21H14F3N5O3S. The lowest BCUT2D eigenvalue weighted by Crippen LogP contribution is -2.14. The van der Waals surface area contributed by atoms with Gasteiger partial charge in [0.05, 0.1) is 17.0 Å². The fraction of sp³-hybridized carbons (Fsp3) is 0.143. The average molecular weight is 473 g/mol. The van der Waals surface area contributed by atoms with Crippen LogP contribution in [0, 0.1) is 0 Å². The molecule has 0 aliphatic carbocycles. The molecule has 4 aromatic rings. The molecule has 0 atom stereocenters. The minimum Gasteiger partial charge on any atom is -0.454 e. The molecule has 0 saturated heterocycles. The number of rotatable bonds is 5. The van der Waals surface area contributed by atoms with Crippen LogP contribution in [0.15, 0.2) is 59.8 Å². The molecule has 1 aliphatic rings. The third-order valence-corrected chi connectivity index (χ3v) is 5.65. The quantitative estimate of drug-likeness (QED) is 0.433. The Morgan fingerprint density at radius 2 is 1.82 bits per heavy atom. The number of nitrogens with zero attached hydrogens (tertiary/aromatic N) is 4. The molecule has 0 bridgehead atoms. The van der Waals surface area contributed by atoms with Crippen molar-refractivity contribution < 1.29 is 27.4 Å². The molecular weight excluding hydrogens is 459 g/mol. The van der Waals surface area contributed by atoms with Crippen LogP contribution in [0.1, 0.15) is 5.56 Å². The van der Waals surface area contributed by atoms with E-state index >= 15 is 0 Å². The number of aromatic nitrogens is 4. The number of anilines is 1. The van der Waals surface area contributed by atoms with E-state index in [0.29, 0.717) is 28.0 Å². The van der Waals surface area contributed by atoms with Gasteiger partial charge in [-0.2, -0.15) is 22.8 Å². The number of hydrogen-bond donors (Lipinski definition) is 1. The van der Waals surface area contributed by atoms with Gasteiger partial charge in [0.25, 0.3) is 0 Å². The van der Waals surface area contributed by atoms with E-state index in [-0.39, 0.29) is 18.2 Å². The van der Waals surface area contributed by atoms with Crippen LogP contribution in [0.3, 0.4) is 0 Å². The maximum Gasteiger partial charge on any atom is 0.416 e. The first kappa shape index (κ1) is 21.1. The van der Waals surface area contributed by atoms with E-state index in [1.165, 1.54) is 16.6 Å². The molecule has 5 rings (SSSR count). The Kier molecular flexibility index (Phi) is 5.29. The largest absolute Gasteiger partial charge is 0.454 e. The van der Waals surface area contributed by atoms with Crippen LogP contribution in [0.4, 0.5) is 18.9 Å². The number of thioether (sulfide) groups is 1. The van der Waals surface area contributed by atoms with E-state index in [0.717, 1.165) is 29.5 Å². The van der Waals surface area contributed by atoms with Gasteiger partial charge in [-0.15, -0.1) is 10.2 Å². The van der Waals surface area contributed by atoms with Gasteiger partial charge < -0.3 is 14.8 Å². The van der Waals surface area contributed by atoms with Gasteiger partial charge in [-0.3, -0.25) is 4.79 Å². The molecule has 1 amide bonds. The monoisotopic (exact) mass is 473 g/mol. The number of halogens is 3. The minimum atomic E-state index is -4.43. The molecule has 8 nitrogen and oxygen atoms in total. The lowest BCUT2D eigenvalue weighted by molar-refractivity contribution is -0.137. The van der Waals surface area contributed by atoms with Gasteiger partial charge in [0.1, 0.15) is 0 Å². The van der Waals surface area contributed by atoms with Gasteiger partial charge in [-0.1, -0.05) is 11.8 Å². The molecule has 0 fully saturated rings. The maximum absolute atomic E-state index is 12.7. The van der Waals surface area contributed by atoms with E-state index in [9.17, 15) is 18.0 Å². The number of carbonyl (C=O) groups is 1. The van der Waals surface area contributed by atoms with Gasteiger partial charge in [-0.05, 0) is 54.6 Å². The Morgan fingerprint density at radius 1 is 1.03 bits per heavy atom. The number of carbonyl (C=O) groups excluding carboxylic acids is 1. The Hall–Kier alpha value is -3.80. The standard InChI is InChI=1S/C21H14F3N5O3S/c22-21(23,24)13-2-4-14(5-3-13)25-19(30)10-33-20-27-26-18-8-6-15(28-29(18)20)12-1-7-16-17(9-12)32-11-31-16/h1-9H,10-11H2,(H,25,30). The topological polar surface area (TPSA) is 90.6 Å². The fourth-order valence-electron chi connectivity index (χ4n) is 3.14. The second-order valence-electron chi connectivity index (χ2n) is 6.95. The fourth-order valence-corrected chi connectivity index (χ4v) is 3.83. The number of fused-ring (bicyclic) bond motifs is 2. The van der Waals surface area contributed by atoms with E-state index < -0.39 is 17.6 Å². The summed E-state index contributed by atoms with van der Waals surface area (Å²) >= 11 is 1.11. The summed E-state index contributed by atoms with van der Waals surface area (Å²) in [5.74, 6) is 0.869. The molecule has 0 spiro atoms. The van der Waals surface area contributed by atoms with Gasteiger partial charge in [0.15, 0.2) is 17.1 Å². The van der Waals surface area contributed by atoms with Gasteiger partial charge in [-0.25, -0.2) is 0 Å². The maximum atomic E-state index is 12.7. The minimum absolute atomic E-state index is 0.0300. The first-order valence-electron chi connectivity index (χ1n) is 9.59. The van der Waals surface area contributed by atoms with Crippen LogP contribution in [0.5, 0.6) is 11.5 Å². The van der Waals surface area contributed by atoms with Crippen molar-refractivity contribution in [1.29, 1.82) is 0 Å². The highest BCUT2D eigenvalue weighted by molar-refractivity contribution is 7.99. The normalized spacial score (nSPS) is 12.8. The Balaban J connectivity index is 1.28. The number of ether oxygens (including phenoxy) is 2. The number of amides is 1. The molecule has 2 aromatic heterocycles. The second kappa shape index (κ2) is 8.28. The van der Waals surface area contributed by atoms with Crippen LogP contribution in [0.2, 0.25) is 0 Å². The predicted octanol–water partition coefficient (Wildman–Crippen LogP) is 4.27. The lowest BCUT2D eigenvalue weighted by atomic mass is 10.1. The van der Waals surface area contributed by atoms with Crippen LogP contribution >= 0.6 is 11.8 Å². The zero-order chi connectivity index (χ0) is 23.0. The summed E-state index contributed by atoms with van der Waals surface area (Å²) in [6.45, 7) is 0.173. The second-order valence-corrected chi connectivity index (χ2v) is 7.89. The molecule has 168 valence electrons. The van der Waals surface area contributed by atoms with E-state index in [1.54, 1.807) is 18.2 Å². The van der Waals surface area contributed by atoms with Crippen molar-refractivity contribution >= 4 is 29.0 Å². The smallest absolute Gasteiger partial charge is 0.416 e. The van der Waals surface area contributed by atoms with Crippen LogP contribution in [0.25, 0.3) is 16.9 Å². The van der Waals surface area contributed by atoms with E-state index in [2.05, 4.69) is 20.6 Å². The highest BCUT2D eigenvalue weighted by atomic mass is 32.2. The van der Waals surface area contributed by atoms with Crippen molar-refractivity contribution in [3.8, 4) is 22.8 Å². The van der Waals surface area contributed by atoms with E-state index in [4.69, 9.17) is 9.47 Å². The highest BCUT2D eigenvalue weighted by Crippen LogP contribution is 2.35. The Labute approximate surface area is 188 Å². The third-order valence-electron chi connectivity index (χ3n) is 4.73. The summed E-state index contributed by atoms with van der Waals surface area (Å²) in [7, 11) is 0. The van der Waals surface area contributed by atoms with Crippen LogP contribution in [-0.2, 0) is 11.0 Å². The molecule has 2 aromatic carbocycles. The summed E-state index contributed by atoms with van der Waals surface area (Å²) in [5, 5.41) is 15.6. The Bertz CT molecular complexity index is 1340. The SMILES string of the molecule is O=C(CSc1nnc2ccc(-c3ccc4c(c3)OCO4)nn12)Nc1ccc(C(F)(F)F)cc1. The number of hydrogen-bond acceptors (Lipinski definition) is 7. The van der Waals surface area contributed by atoms with Crippen LogP contribution in [-0.4, -0.2) is 38.3 Å². The van der Waals surface area contributed by atoms with Crippen molar-refractivity contribution in [2.24, 2.45) is 0 Å². The molecule has 1 N–H and O–H groups in total. The predicted molar refractivity (Wildman–Crippen MR) is 113 cm³/mol. The number of alkyl halides is 3. The average Bonchev–Trinajstić information content (AvgIpc) is 3.43. The van der Waals surface area contributed by atoms with Gasteiger partial charge in [0, 0.05) is 11.3 Å². The summed E-state index contributed by atoms with van der Waals surface area (Å²) < 4.78 is 50.2. The zero-order valence-electron chi connectivity index (χ0n) is 16.7. The first-order valence-corrected chi connectivity index (χ1v) is 10.6. The summed E-state index contributed by atoms with van der Waals surface area (Å²) in [6, 6.07) is 13.3. The lowest BCUT2D eigenvalue weighted by Gasteiger charge is -2.08. The highest BCUT2D eigenvalue weighted by Gasteiger charge is 2.30. The van der Waals surface area contributed by atoms with Crippen molar-refractivity contribution in [3.63, 3.8) is 0 Å². The summed E-state index contributed by atoms with van der Waals surface area (Å²) in [6.07, 6.45) is -4.43. The van der Waals surface area contributed by atoms with Crippen molar-refractivity contribution in [3.05, 3.63) is 60.2 Å². The summed E-state index contributed by atoms with van der Waals surface area (Å²) in [4.78, 5) is 12.3. The van der Waals surface area contributed by atoms with Crippen molar-refractivity contribution in [2.45, 2.75) is 11.3 Å². The molecule has 12 heteroatoms. The molecule has 0 unspecified atom stereocenters. The van der Waals surface area contributed by atoms with Gasteiger partial charge >= 0.3 is 6.18 Å². The third kappa shape index (κ3) is 4.42.